The molecule has 0 saturated heterocycles. The highest BCUT2D eigenvalue weighted by molar-refractivity contribution is 5.98. The quantitative estimate of drug-likeness (QED) is 0.476. The summed E-state index contributed by atoms with van der Waals surface area (Å²) in [5, 5.41) is 13.9. The molecular weight excluding hydrogens is 344 g/mol. The van der Waals surface area contributed by atoms with Gasteiger partial charge in [-0.25, -0.2) is 4.79 Å². The number of carbonyl (C=O) groups excluding carboxylic acids is 1. The van der Waals surface area contributed by atoms with E-state index in [0.29, 0.717) is 17.0 Å². The van der Waals surface area contributed by atoms with Crippen LogP contribution in [-0.2, 0) is 4.74 Å². The van der Waals surface area contributed by atoms with Crippen molar-refractivity contribution >= 4 is 17.3 Å². The lowest BCUT2D eigenvalue weighted by molar-refractivity contribution is -0.384. The summed E-state index contributed by atoms with van der Waals surface area (Å²) in [6.07, 6.45) is -0.798. The SMILES string of the molecule is COc1cc([N+](=O)[O-])ccc1N[C@@H]1OC(=O)c2c1ccc(OC)c2OC. The Balaban J connectivity index is 1.97. The van der Waals surface area contributed by atoms with Gasteiger partial charge in [0.2, 0.25) is 6.23 Å². The molecule has 0 amide bonds. The summed E-state index contributed by atoms with van der Waals surface area (Å²) in [7, 11) is 4.31. The zero-order valence-corrected chi connectivity index (χ0v) is 14.3. The average Bonchev–Trinajstić information content (AvgIpc) is 2.96. The molecule has 0 saturated carbocycles. The largest absolute Gasteiger partial charge is 0.494 e. The minimum absolute atomic E-state index is 0.109. The van der Waals surface area contributed by atoms with Crippen LogP contribution >= 0.6 is 0 Å². The Labute approximate surface area is 148 Å². The first kappa shape index (κ1) is 17.3. The fourth-order valence-electron chi connectivity index (χ4n) is 2.76. The molecule has 1 atom stereocenters. The van der Waals surface area contributed by atoms with E-state index in [9.17, 15) is 14.9 Å². The number of anilines is 1. The number of hydrogen-bond donors (Lipinski definition) is 1. The molecule has 9 heteroatoms. The van der Waals surface area contributed by atoms with Crippen LogP contribution in [0, 0.1) is 10.1 Å². The van der Waals surface area contributed by atoms with Gasteiger partial charge in [0.15, 0.2) is 11.5 Å². The summed E-state index contributed by atoms with van der Waals surface area (Å²) in [5.74, 6) is 0.394. The Morgan fingerprint density at radius 2 is 1.81 bits per heavy atom. The molecule has 0 aromatic heterocycles. The number of esters is 1. The molecule has 136 valence electrons. The number of ether oxygens (including phenoxy) is 4. The number of nitrogens with one attached hydrogen (secondary N) is 1. The summed E-state index contributed by atoms with van der Waals surface area (Å²) in [4.78, 5) is 22.7. The van der Waals surface area contributed by atoms with E-state index in [2.05, 4.69) is 5.32 Å². The number of nitro benzene ring substituents is 1. The van der Waals surface area contributed by atoms with Gasteiger partial charge in [-0.2, -0.15) is 0 Å². The van der Waals surface area contributed by atoms with Crippen LogP contribution < -0.4 is 19.5 Å². The molecule has 1 N–H and O–H groups in total. The van der Waals surface area contributed by atoms with Crippen molar-refractivity contribution in [3.63, 3.8) is 0 Å². The molecule has 0 spiro atoms. The van der Waals surface area contributed by atoms with E-state index >= 15 is 0 Å². The molecular formula is C17H16N2O7. The second-order valence-corrected chi connectivity index (χ2v) is 5.34. The minimum atomic E-state index is -0.798. The normalized spacial score (nSPS) is 15.0. The third kappa shape index (κ3) is 2.83. The fourth-order valence-corrected chi connectivity index (χ4v) is 2.76. The van der Waals surface area contributed by atoms with Crippen molar-refractivity contribution in [1.82, 2.24) is 0 Å². The molecule has 1 aliphatic rings. The van der Waals surface area contributed by atoms with Gasteiger partial charge in [-0.05, 0) is 18.2 Å². The maximum atomic E-state index is 12.3. The Hall–Kier alpha value is -3.49. The molecule has 0 fully saturated rings. The van der Waals surface area contributed by atoms with Crippen molar-refractivity contribution < 1.29 is 28.7 Å². The lowest BCUT2D eigenvalue weighted by atomic mass is 10.1. The van der Waals surface area contributed by atoms with Crippen LogP contribution in [0.25, 0.3) is 0 Å². The zero-order valence-electron chi connectivity index (χ0n) is 14.3. The first-order valence-corrected chi connectivity index (χ1v) is 7.55. The summed E-state index contributed by atoms with van der Waals surface area (Å²) in [6.45, 7) is 0. The third-order valence-corrected chi connectivity index (χ3v) is 3.97. The highest BCUT2D eigenvalue weighted by Crippen LogP contribution is 2.43. The summed E-state index contributed by atoms with van der Waals surface area (Å²) >= 11 is 0. The van der Waals surface area contributed by atoms with Gasteiger partial charge in [-0.1, -0.05) is 0 Å². The average molecular weight is 360 g/mol. The molecule has 1 aliphatic heterocycles. The Morgan fingerprint density at radius 1 is 1.08 bits per heavy atom. The number of nitrogens with zero attached hydrogens (tertiary/aromatic N) is 1. The number of methoxy groups -OCH3 is 3. The molecule has 0 radical (unpaired) electrons. The van der Waals surface area contributed by atoms with Gasteiger partial charge in [-0.15, -0.1) is 0 Å². The highest BCUT2D eigenvalue weighted by Gasteiger charge is 2.36. The van der Waals surface area contributed by atoms with Gasteiger partial charge in [0, 0.05) is 11.6 Å². The highest BCUT2D eigenvalue weighted by atomic mass is 16.6. The van der Waals surface area contributed by atoms with E-state index in [1.54, 1.807) is 12.1 Å². The van der Waals surface area contributed by atoms with Crippen LogP contribution in [0.5, 0.6) is 17.2 Å². The van der Waals surface area contributed by atoms with Gasteiger partial charge in [-0.3, -0.25) is 10.1 Å². The third-order valence-electron chi connectivity index (χ3n) is 3.97. The van der Waals surface area contributed by atoms with Crippen molar-refractivity contribution in [2.75, 3.05) is 26.6 Å². The predicted octanol–water partition coefficient (Wildman–Crippen LogP) is 2.90. The maximum Gasteiger partial charge on any atom is 0.344 e. The van der Waals surface area contributed by atoms with Gasteiger partial charge in [0.05, 0.1) is 38.0 Å². The first-order valence-electron chi connectivity index (χ1n) is 7.55. The molecule has 26 heavy (non-hydrogen) atoms. The lowest BCUT2D eigenvalue weighted by Gasteiger charge is -2.17. The number of fused-ring (bicyclic) bond motifs is 1. The fraction of sp³-hybridized carbons (Fsp3) is 0.235. The van der Waals surface area contributed by atoms with E-state index in [1.807, 2.05) is 0 Å². The number of hydrogen-bond acceptors (Lipinski definition) is 8. The number of rotatable bonds is 6. The van der Waals surface area contributed by atoms with E-state index < -0.39 is 17.1 Å². The number of nitro groups is 1. The van der Waals surface area contributed by atoms with Crippen LogP contribution in [0.4, 0.5) is 11.4 Å². The topological polar surface area (TPSA) is 109 Å². The lowest BCUT2D eigenvalue weighted by Crippen LogP contribution is -2.11. The zero-order chi connectivity index (χ0) is 18.8. The second kappa shape index (κ2) is 6.79. The van der Waals surface area contributed by atoms with Crippen LogP contribution in [0.3, 0.4) is 0 Å². The number of cyclic esters (lactones) is 1. The molecule has 1 heterocycles. The monoisotopic (exact) mass is 360 g/mol. The molecule has 0 bridgehead atoms. The summed E-state index contributed by atoms with van der Waals surface area (Å²) < 4.78 is 21.1. The maximum absolute atomic E-state index is 12.3. The minimum Gasteiger partial charge on any atom is -0.494 e. The molecule has 0 aliphatic carbocycles. The summed E-state index contributed by atoms with van der Waals surface area (Å²) in [5.41, 5.74) is 1.17. The Kier molecular flexibility index (Phi) is 4.53. The van der Waals surface area contributed by atoms with Crippen LogP contribution in [0.15, 0.2) is 30.3 Å². The van der Waals surface area contributed by atoms with E-state index in [-0.39, 0.29) is 22.7 Å². The van der Waals surface area contributed by atoms with Crippen molar-refractivity contribution in [1.29, 1.82) is 0 Å². The van der Waals surface area contributed by atoms with Gasteiger partial charge >= 0.3 is 5.97 Å². The van der Waals surface area contributed by atoms with Crippen LogP contribution in [0.2, 0.25) is 0 Å². The van der Waals surface area contributed by atoms with Crippen molar-refractivity contribution in [2.45, 2.75) is 6.23 Å². The second-order valence-electron chi connectivity index (χ2n) is 5.34. The number of benzene rings is 2. The molecule has 3 rings (SSSR count). The Morgan fingerprint density at radius 3 is 2.42 bits per heavy atom. The smallest absolute Gasteiger partial charge is 0.344 e. The van der Waals surface area contributed by atoms with E-state index in [4.69, 9.17) is 18.9 Å². The molecule has 0 unspecified atom stereocenters. The molecule has 2 aromatic carbocycles. The van der Waals surface area contributed by atoms with E-state index in [1.165, 1.54) is 39.5 Å². The van der Waals surface area contributed by atoms with Gasteiger partial charge in [0.25, 0.3) is 5.69 Å². The first-order chi connectivity index (χ1) is 12.5. The van der Waals surface area contributed by atoms with Crippen LogP contribution in [-0.4, -0.2) is 32.2 Å². The predicted molar refractivity (Wildman–Crippen MR) is 91.0 cm³/mol. The molecule has 2 aromatic rings. The number of non-ortho nitro benzene ring substituents is 1. The summed E-state index contributed by atoms with van der Waals surface area (Å²) in [6, 6.07) is 7.47. The molecule has 9 nitrogen and oxygen atoms in total. The number of carbonyl (C=O) groups is 1. The Bertz CT molecular complexity index is 882. The van der Waals surface area contributed by atoms with Crippen molar-refractivity contribution in [2.24, 2.45) is 0 Å². The van der Waals surface area contributed by atoms with Crippen LogP contribution in [0.1, 0.15) is 22.1 Å². The van der Waals surface area contributed by atoms with Crippen molar-refractivity contribution in [3.05, 3.63) is 51.6 Å². The van der Waals surface area contributed by atoms with E-state index in [0.717, 1.165) is 0 Å². The standard InChI is InChI=1S/C17H16N2O7/c1-23-12-7-5-10-14(15(12)25-3)17(20)26-16(10)18-11-6-4-9(19(21)22)8-13(11)24-2/h4-8,16,18H,1-3H3/t16-/m1/s1. The van der Waals surface area contributed by atoms with Gasteiger partial charge in [0.1, 0.15) is 11.3 Å². The van der Waals surface area contributed by atoms with Crippen molar-refractivity contribution in [3.8, 4) is 17.2 Å². The van der Waals surface area contributed by atoms with Gasteiger partial charge < -0.3 is 24.3 Å².